The van der Waals surface area contributed by atoms with Crippen LogP contribution in [0.1, 0.15) is 162 Å². The van der Waals surface area contributed by atoms with Gasteiger partial charge in [-0.2, -0.15) is 6.08 Å². The third-order valence-corrected chi connectivity index (χ3v) is 12.1. The summed E-state index contributed by atoms with van der Waals surface area (Å²) in [6, 6.07) is 29.8. The molecule has 0 amide bonds. The predicted octanol–water partition coefficient (Wildman–Crippen LogP) is 9.44. The van der Waals surface area contributed by atoms with Gasteiger partial charge < -0.3 is 24.8 Å². The van der Waals surface area contributed by atoms with Gasteiger partial charge >= 0.3 is 112 Å². The Balaban J connectivity index is 0.000000335. The summed E-state index contributed by atoms with van der Waals surface area (Å²) in [5.74, 6) is 0. The third-order valence-electron chi connectivity index (χ3n) is 10.7. The first-order chi connectivity index (χ1) is 25.1. The van der Waals surface area contributed by atoms with Crippen LogP contribution in [-0.2, 0) is 45.9 Å². The molecule has 5 aromatic carbocycles. The van der Waals surface area contributed by atoms with E-state index in [9.17, 15) is 0 Å². The maximum Gasteiger partial charge on any atom is -1.00 e. The largest absolute Gasteiger partial charge is 1.00 e. The number of halogens is 2. The molecule has 0 spiro atoms. The quantitative estimate of drug-likeness (QED) is 0.155. The van der Waals surface area contributed by atoms with Crippen LogP contribution in [0.15, 0.2) is 96.1 Å². The molecule has 0 saturated carbocycles. The Labute approximate surface area is 375 Å². The predicted molar refractivity (Wildman–Crippen MR) is 242 cm³/mol. The Bertz CT molecular complexity index is 2070. The summed E-state index contributed by atoms with van der Waals surface area (Å²) in [6.45, 7) is 41.2. The van der Waals surface area contributed by atoms with Gasteiger partial charge in [0.1, 0.15) is 0 Å². The topological polar surface area (TPSA) is 0 Å². The van der Waals surface area contributed by atoms with Gasteiger partial charge in [-0.1, -0.05) is 138 Å². The van der Waals surface area contributed by atoms with Crippen LogP contribution in [0.2, 0.25) is 0 Å². The zero-order chi connectivity index (χ0) is 41.5. The molecule has 0 heterocycles. The third kappa shape index (κ3) is 12.8. The first-order valence-corrected chi connectivity index (χ1v) is 21.6. The molecule has 306 valence electrons. The van der Waals surface area contributed by atoms with E-state index in [1.807, 2.05) is 0 Å². The summed E-state index contributed by atoms with van der Waals surface area (Å²) in [5, 5.41) is 5.57. The molecule has 3 heteroatoms. The fourth-order valence-electron chi connectivity index (χ4n) is 7.60. The van der Waals surface area contributed by atoms with Gasteiger partial charge in [0.05, 0.1) is 0 Å². The molecular formula is C54H70Cl2Zr-2. The van der Waals surface area contributed by atoms with E-state index < -0.39 is 0 Å². The molecule has 6 rings (SSSR count). The molecule has 1 aliphatic carbocycles. The summed E-state index contributed by atoms with van der Waals surface area (Å²) in [5.41, 5.74) is 14.8. The second-order valence-electron chi connectivity index (χ2n) is 21.1. The first-order valence-electron chi connectivity index (χ1n) is 20.3. The van der Waals surface area contributed by atoms with Crippen molar-refractivity contribution in [3.63, 3.8) is 0 Å². The second kappa shape index (κ2) is 18.9. The molecule has 0 atom stereocenters. The number of allylic oxidation sites excluding steroid dienone is 4. The van der Waals surface area contributed by atoms with E-state index in [4.69, 9.17) is 0 Å². The summed E-state index contributed by atoms with van der Waals surface area (Å²) >= 11 is 1.46. The Morgan fingerprint density at radius 3 is 1.05 bits per heavy atom. The van der Waals surface area contributed by atoms with E-state index in [2.05, 4.69) is 216 Å². The smallest absolute Gasteiger partial charge is 1.00 e. The van der Waals surface area contributed by atoms with Crippen molar-refractivity contribution in [2.24, 2.45) is 5.41 Å². The number of rotatable bonds is 2. The summed E-state index contributed by atoms with van der Waals surface area (Å²) in [4.78, 5) is 0. The summed E-state index contributed by atoms with van der Waals surface area (Å²) in [7, 11) is 0. The van der Waals surface area contributed by atoms with E-state index in [-0.39, 0.29) is 51.9 Å². The van der Waals surface area contributed by atoms with E-state index in [0.29, 0.717) is 0 Å². The molecular weight excluding hydrogens is 811 g/mol. The zero-order valence-electron chi connectivity index (χ0n) is 38.5. The molecule has 0 nitrogen and oxygen atoms in total. The second-order valence-corrected chi connectivity index (χ2v) is 22.3. The molecule has 0 aliphatic heterocycles. The molecule has 57 heavy (non-hydrogen) atoms. The number of aryl methyl sites for hydroxylation is 2. The fourth-order valence-corrected chi connectivity index (χ4v) is 8.42. The SMILES string of the molecule is CC(C)(C)c1cc2[cH-]c3cc(C(C)(C)C)c(C(C)(C)C)cc3c2cc1C(C)(C)C.CC1=CC[C-]=C1C(C)(C)C.Cc1ccc([C](=[Zr+2])c2ccc(C)cc2)cc1.[Cl-].[Cl-]. The van der Waals surface area contributed by atoms with Crippen molar-refractivity contribution in [2.45, 2.75) is 153 Å². The standard InChI is InChI=1S/C29H41.C15H14.C10H15.2ClH.Zr/c1-26(2,3)22-14-18-13-19-15-23(27(4,5)6)25(29(10,11)12)17-21(19)20(18)16-24(22)28(7,8)9;1-12-3-7-14(8-4-12)11-15-9-5-13(2)6-10-15;1-8-6-5-7-9(8)10(2,3)4;;;/h13-17H,1-12H3;3-10H,1-2H3;6H,5H2,1-4H3;2*1H;/q-1;;-1;;;+2/p-2. The molecule has 0 N–H and O–H groups in total. The van der Waals surface area contributed by atoms with Gasteiger partial charge in [-0.25, -0.2) is 11.1 Å². The van der Waals surface area contributed by atoms with Gasteiger partial charge in [0.25, 0.3) is 0 Å². The number of hydrogen-bond acceptors (Lipinski definition) is 0. The van der Waals surface area contributed by atoms with Gasteiger partial charge in [0.15, 0.2) is 0 Å². The molecule has 0 saturated heterocycles. The van der Waals surface area contributed by atoms with Gasteiger partial charge in [-0.3, -0.25) is 6.08 Å². The zero-order valence-corrected chi connectivity index (χ0v) is 42.5. The van der Waals surface area contributed by atoms with Crippen LogP contribution in [0.25, 0.3) is 21.5 Å². The van der Waals surface area contributed by atoms with Crippen LogP contribution in [0, 0.1) is 25.3 Å². The fraction of sp³-hybridized carbons (Fsp3) is 0.444. The minimum Gasteiger partial charge on any atom is -1.00 e. The van der Waals surface area contributed by atoms with Crippen molar-refractivity contribution in [3.8, 4) is 0 Å². The Kier molecular flexibility index (Phi) is 16.8. The van der Waals surface area contributed by atoms with Gasteiger partial charge in [0, 0.05) is 0 Å². The summed E-state index contributed by atoms with van der Waals surface area (Å²) < 4.78 is 1.42. The van der Waals surface area contributed by atoms with Crippen molar-refractivity contribution >= 4 is 24.8 Å². The van der Waals surface area contributed by atoms with E-state index in [0.717, 1.165) is 6.42 Å². The first kappa shape index (κ1) is 50.7. The van der Waals surface area contributed by atoms with Gasteiger partial charge in [-0.15, -0.1) is 53.1 Å². The van der Waals surface area contributed by atoms with Crippen LogP contribution < -0.4 is 24.8 Å². The average molecular weight is 881 g/mol. The van der Waals surface area contributed by atoms with Crippen molar-refractivity contribution in [3.05, 3.63) is 147 Å². The van der Waals surface area contributed by atoms with Crippen LogP contribution in [0.4, 0.5) is 0 Å². The molecule has 0 aromatic heterocycles. The van der Waals surface area contributed by atoms with Crippen molar-refractivity contribution < 1.29 is 49.0 Å². The summed E-state index contributed by atoms with van der Waals surface area (Å²) in [6.07, 6.45) is 6.62. The van der Waals surface area contributed by atoms with Gasteiger partial charge in [0.2, 0.25) is 0 Å². The Morgan fingerprint density at radius 1 is 0.491 bits per heavy atom. The van der Waals surface area contributed by atoms with Crippen molar-refractivity contribution in [1.29, 1.82) is 0 Å². The molecule has 0 fully saturated rings. The monoisotopic (exact) mass is 878 g/mol. The van der Waals surface area contributed by atoms with Gasteiger partial charge in [-0.05, 0) is 27.1 Å². The maximum atomic E-state index is 3.37. The molecule has 0 radical (unpaired) electrons. The molecule has 5 aromatic rings. The van der Waals surface area contributed by atoms with Crippen molar-refractivity contribution in [2.75, 3.05) is 0 Å². The van der Waals surface area contributed by atoms with Crippen LogP contribution in [0.5, 0.6) is 0 Å². The Morgan fingerprint density at radius 2 is 0.807 bits per heavy atom. The van der Waals surface area contributed by atoms with Crippen LogP contribution >= 0.6 is 0 Å². The minimum atomic E-state index is 0. The number of fused-ring (bicyclic) bond motifs is 3. The maximum absolute atomic E-state index is 3.37. The normalized spacial score (nSPS) is 13.4. The average Bonchev–Trinajstić information content (AvgIpc) is 3.66. The minimum absolute atomic E-state index is 0. The molecule has 1 aliphatic rings. The van der Waals surface area contributed by atoms with E-state index in [1.165, 1.54) is 105 Å². The van der Waals surface area contributed by atoms with E-state index in [1.54, 1.807) is 0 Å². The number of benzene rings is 4. The van der Waals surface area contributed by atoms with Crippen LogP contribution in [0.3, 0.4) is 0 Å². The van der Waals surface area contributed by atoms with Crippen molar-refractivity contribution in [1.82, 2.24) is 0 Å². The Hall–Kier alpha value is -2.44. The molecule has 0 bridgehead atoms. The molecule has 0 unspecified atom stereocenters. The number of hydrogen-bond donors (Lipinski definition) is 0. The van der Waals surface area contributed by atoms with E-state index >= 15 is 0 Å². The van der Waals surface area contributed by atoms with Crippen LogP contribution in [-0.4, -0.2) is 3.21 Å².